The summed E-state index contributed by atoms with van der Waals surface area (Å²) < 4.78 is 5.52. The summed E-state index contributed by atoms with van der Waals surface area (Å²) in [6, 6.07) is 17.9. The van der Waals surface area contributed by atoms with Crippen LogP contribution in [0.4, 0.5) is 0 Å². The lowest BCUT2D eigenvalue weighted by atomic mass is 10.0. The predicted octanol–water partition coefficient (Wildman–Crippen LogP) is 3.00. The number of hydrogen-bond donors (Lipinski definition) is 0. The molecule has 2 aromatic carbocycles. The van der Waals surface area contributed by atoms with Gasteiger partial charge in [0.05, 0.1) is 12.2 Å². The van der Waals surface area contributed by atoms with Gasteiger partial charge in [0.2, 0.25) is 0 Å². The molecule has 2 aliphatic rings. The van der Waals surface area contributed by atoms with E-state index < -0.39 is 0 Å². The first kappa shape index (κ1) is 21.1. The van der Waals surface area contributed by atoms with Crippen LogP contribution >= 0.6 is 0 Å². The number of benzene rings is 2. The lowest BCUT2D eigenvalue weighted by Gasteiger charge is -2.36. The summed E-state index contributed by atoms with van der Waals surface area (Å²) in [4.78, 5) is 32.1. The molecule has 1 saturated heterocycles. The highest BCUT2D eigenvalue weighted by molar-refractivity contribution is 6.35. The van der Waals surface area contributed by atoms with Crippen LogP contribution < -0.4 is 4.74 Å². The van der Waals surface area contributed by atoms with E-state index in [9.17, 15) is 9.59 Å². The molecular weight excluding hydrogens is 390 g/mol. The summed E-state index contributed by atoms with van der Waals surface area (Å²) in [6.07, 6.45) is 0. The van der Waals surface area contributed by atoms with Crippen LogP contribution in [0.15, 0.2) is 60.3 Å². The first-order valence-electron chi connectivity index (χ1n) is 11.0. The molecule has 2 aliphatic heterocycles. The van der Waals surface area contributed by atoms with E-state index in [0.717, 1.165) is 44.0 Å². The van der Waals surface area contributed by atoms with E-state index in [1.54, 1.807) is 0 Å². The summed E-state index contributed by atoms with van der Waals surface area (Å²) in [5, 5.41) is 0. The number of hydrogen-bond acceptors (Lipinski definition) is 5. The average Bonchev–Trinajstić information content (AvgIpc) is 3.05. The molecule has 6 heteroatoms. The molecule has 0 spiro atoms. The highest BCUT2D eigenvalue weighted by Gasteiger charge is 2.41. The molecule has 2 amide bonds. The minimum atomic E-state index is -0.210. The Morgan fingerprint density at radius 2 is 1.52 bits per heavy atom. The summed E-state index contributed by atoms with van der Waals surface area (Å²) in [7, 11) is 0. The third-order valence-electron chi connectivity index (χ3n) is 5.85. The topological polar surface area (TPSA) is 53.1 Å². The quantitative estimate of drug-likeness (QED) is 0.646. The maximum absolute atomic E-state index is 13.1. The number of likely N-dealkylation sites (N-methyl/N-ethyl adjacent to an activating group) is 1. The molecule has 2 heterocycles. The molecule has 0 atom stereocenters. The summed E-state index contributed by atoms with van der Waals surface area (Å²) in [5.41, 5.74) is 3.09. The molecule has 0 aliphatic carbocycles. The molecule has 0 N–H and O–H groups in total. The van der Waals surface area contributed by atoms with Crippen molar-refractivity contribution < 1.29 is 14.3 Å². The zero-order valence-electron chi connectivity index (χ0n) is 18.2. The van der Waals surface area contributed by atoms with Gasteiger partial charge in [-0.05, 0) is 37.1 Å². The molecule has 0 bridgehead atoms. The first-order chi connectivity index (χ1) is 15.1. The van der Waals surface area contributed by atoms with E-state index >= 15 is 0 Å². The molecule has 0 radical (unpaired) electrons. The van der Waals surface area contributed by atoms with Gasteiger partial charge in [0.25, 0.3) is 11.8 Å². The van der Waals surface area contributed by atoms with E-state index in [0.29, 0.717) is 24.4 Å². The molecule has 2 aromatic rings. The predicted molar refractivity (Wildman–Crippen MR) is 120 cm³/mol. The summed E-state index contributed by atoms with van der Waals surface area (Å²) in [5.74, 6) is 0.360. The average molecular weight is 420 g/mol. The second-order valence-corrected chi connectivity index (χ2v) is 7.78. The van der Waals surface area contributed by atoms with E-state index in [1.165, 1.54) is 10.5 Å². The molecule has 6 nitrogen and oxygen atoms in total. The van der Waals surface area contributed by atoms with Crippen molar-refractivity contribution in [3.05, 3.63) is 71.4 Å². The van der Waals surface area contributed by atoms with E-state index in [1.807, 2.05) is 44.2 Å². The number of piperazine rings is 1. The van der Waals surface area contributed by atoms with Crippen molar-refractivity contribution in [2.75, 3.05) is 39.3 Å². The lowest BCUT2D eigenvalue weighted by molar-refractivity contribution is -0.137. The van der Waals surface area contributed by atoms with Crippen LogP contribution in [0.2, 0.25) is 0 Å². The number of carbonyl (C=O) groups excluding carboxylic acids is 2. The van der Waals surface area contributed by atoms with Crippen molar-refractivity contribution in [1.82, 2.24) is 14.7 Å². The number of ether oxygens (including phenoxy) is 1. The molecular formula is C25H29N3O3. The minimum Gasteiger partial charge on any atom is -0.494 e. The number of rotatable bonds is 7. The Labute approximate surface area is 183 Å². The number of amides is 2. The fourth-order valence-electron chi connectivity index (χ4n) is 4.26. The van der Waals surface area contributed by atoms with Crippen LogP contribution in [0.5, 0.6) is 5.75 Å². The maximum Gasteiger partial charge on any atom is 0.277 e. The molecule has 0 unspecified atom stereocenters. The highest BCUT2D eigenvalue weighted by atomic mass is 16.5. The molecule has 0 saturated carbocycles. The Balaban J connectivity index is 1.56. The van der Waals surface area contributed by atoms with Crippen molar-refractivity contribution in [1.29, 1.82) is 0 Å². The molecule has 31 heavy (non-hydrogen) atoms. The van der Waals surface area contributed by atoms with Gasteiger partial charge in [-0.3, -0.25) is 19.4 Å². The van der Waals surface area contributed by atoms with E-state index in [-0.39, 0.29) is 11.8 Å². The highest BCUT2D eigenvalue weighted by Crippen LogP contribution is 2.33. The molecule has 0 aromatic heterocycles. The second kappa shape index (κ2) is 9.35. The van der Waals surface area contributed by atoms with Gasteiger partial charge in [-0.15, -0.1) is 0 Å². The number of imide groups is 1. The standard InChI is InChI=1S/C25H29N3O3/c1-3-28-24(29)22(20-10-12-21(13-11-20)31-4-2)23(25(28)30)27-16-14-26(15-17-27)18-19-8-6-5-7-9-19/h5-13H,3-4,14-18H2,1-2H3. The SMILES string of the molecule is CCOc1ccc(C2=C(N3CCN(Cc4ccccc4)CC3)C(=O)N(CC)C2=O)cc1. The molecule has 162 valence electrons. The number of nitrogens with zero attached hydrogens (tertiary/aromatic N) is 3. The monoisotopic (exact) mass is 419 g/mol. The van der Waals surface area contributed by atoms with Crippen LogP contribution in [0.1, 0.15) is 25.0 Å². The van der Waals surface area contributed by atoms with E-state index in [4.69, 9.17) is 4.74 Å². The molecule has 1 fully saturated rings. The Hall–Kier alpha value is -3.12. The lowest BCUT2D eigenvalue weighted by Crippen LogP contribution is -2.47. The van der Waals surface area contributed by atoms with Gasteiger partial charge in [-0.25, -0.2) is 0 Å². The van der Waals surface area contributed by atoms with Gasteiger partial charge >= 0.3 is 0 Å². The smallest absolute Gasteiger partial charge is 0.277 e. The Morgan fingerprint density at radius 3 is 2.13 bits per heavy atom. The van der Waals surface area contributed by atoms with Crippen molar-refractivity contribution in [2.45, 2.75) is 20.4 Å². The minimum absolute atomic E-state index is 0.187. The Kier molecular flexibility index (Phi) is 6.37. The zero-order valence-corrected chi connectivity index (χ0v) is 18.2. The van der Waals surface area contributed by atoms with Gasteiger partial charge in [-0.2, -0.15) is 0 Å². The van der Waals surface area contributed by atoms with E-state index in [2.05, 4.69) is 34.1 Å². The van der Waals surface area contributed by atoms with Crippen LogP contribution in [-0.2, 0) is 16.1 Å². The third kappa shape index (κ3) is 4.35. The second-order valence-electron chi connectivity index (χ2n) is 7.78. The summed E-state index contributed by atoms with van der Waals surface area (Å²) >= 11 is 0. The van der Waals surface area contributed by atoms with Crippen molar-refractivity contribution in [2.24, 2.45) is 0 Å². The van der Waals surface area contributed by atoms with Gasteiger partial charge in [0.15, 0.2) is 0 Å². The van der Waals surface area contributed by atoms with Gasteiger partial charge in [0.1, 0.15) is 11.4 Å². The third-order valence-corrected chi connectivity index (χ3v) is 5.85. The van der Waals surface area contributed by atoms with Crippen molar-refractivity contribution >= 4 is 17.4 Å². The Bertz CT molecular complexity index is 961. The zero-order chi connectivity index (χ0) is 21.8. The van der Waals surface area contributed by atoms with Crippen LogP contribution in [0.25, 0.3) is 5.57 Å². The largest absolute Gasteiger partial charge is 0.494 e. The molecule has 4 rings (SSSR count). The van der Waals surface area contributed by atoms with Crippen molar-refractivity contribution in [3.8, 4) is 5.75 Å². The fourth-order valence-corrected chi connectivity index (χ4v) is 4.26. The Morgan fingerprint density at radius 1 is 0.839 bits per heavy atom. The summed E-state index contributed by atoms with van der Waals surface area (Å²) in [6.45, 7) is 8.77. The van der Waals surface area contributed by atoms with Crippen LogP contribution in [0, 0.1) is 0 Å². The fraction of sp³-hybridized carbons (Fsp3) is 0.360. The van der Waals surface area contributed by atoms with Crippen LogP contribution in [0.3, 0.4) is 0 Å². The van der Waals surface area contributed by atoms with Crippen LogP contribution in [-0.4, -0.2) is 65.8 Å². The first-order valence-corrected chi connectivity index (χ1v) is 11.0. The maximum atomic E-state index is 13.1. The van der Waals surface area contributed by atoms with Gasteiger partial charge in [0, 0.05) is 39.3 Å². The normalized spacial score (nSPS) is 17.6. The van der Waals surface area contributed by atoms with Gasteiger partial charge in [-0.1, -0.05) is 42.5 Å². The number of carbonyl (C=O) groups is 2. The van der Waals surface area contributed by atoms with Gasteiger partial charge < -0.3 is 9.64 Å². The van der Waals surface area contributed by atoms with Crippen molar-refractivity contribution in [3.63, 3.8) is 0 Å².